The number of fused-ring (bicyclic) bond motifs is 1. The van der Waals surface area contributed by atoms with Gasteiger partial charge in [-0.15, -0.1) is 0 Å². The van der Waals surface area contributed by atoms with Gasteiger partial charge >= 0.3 is 0 Å². The molecule has 3 aliphatic rings. The fourth-order valence-corrected chi connectivity index (χ4v) is 5.79. The quantitative estimate of drug-likeness (QED) is 0.584. The van der Waals surface area contributed by atoms with Crippen molar-refractivity contribution in [1.29, 1.82) is 0 Å². The van der Waals surface area contributed by atoms with Crippen LogP contribution in [0.2, 0.25) is 0 Å². The Morgan fingerprint density at radius 2 is 1.95 bits per heavy atom. The number of benzene rings is 1. The van der Waals surface area contributed by atoms with Gasteiger partial charge in [0.2, 0.25) is 0 Å². The van der Waals surface area contributed by atoms with E-state index in [0.717, 1.165) is 38.0 Å². The van der Waals surface area contributed by atoms with E-state index >= 15 is 0 Å². The topological polar surface area (TPSA) is 32.3 Å². The van der Waals surface area contributed by atoms with Gasteiger partial charge in [-0.3, -0.25) is 0 Å². The molecule has 0 amide bonds. The third-order valence-electron chi connectivity index (χ3n) is 6.85. The van der Waals surface area contributed by atoms with Crippen LogP contribution in [0.1, 0.15) is 49.7 Å². The molecule has 0 unspecified atom stereocenters. The summed E-state index contributed by atoms with van der Waals surface area (Å²) in [7, 11) is 3.66. The average molecular weight is 287 g/mol. The van der Waals surface area contributed by atoms with Gasteiger partial charge in [-0.05, 0) is 42.5 Å². The van der Waals surface area contributed by atoms with Crippen LogP contribution in [0.4, 0.5) is 0 Å². The number of aryl methyl sites for hydroxylation is 1. The van der Waals surface area contributed by atoms with Crippen molar-refractivity contribution in [3.05, 3.63) is 34.5 Å². The van der Waals surface area contributed by atoms with Crippen molar-refractivity contribution >= 4 is 0 Å². The smallest absolute Gasteiger partial charge is 0.119 e. The van der Waals surface area contributed by atoms with Crippen molar-refractivity contribution in [3.63, 3.8) is 0 Å². The number of rotatable bonds is 1. The fraction of sp³-hybridized carbons (Fsp3) is 0.667. The molecular formula is C18H25NO2. The Morgan fingerprint density at radius 1 is 1.14 bits per heavy atom. The summed E-state index contributed by atoms with van der Waals surface area (Å²) in [5.41, 5.74) is 2.91. The minimum absolute atomic E-state index is 0.0242. The van der Waals surface area contributed by atoms with E-state index in [-0.39, 0.29) is 15.6 Å². The van der Waals surface area contributed by atoms with E-state index in [4.69, 9.17) is 4.74 Å². The molecule has 1 aromatic rings. The SMILES string of the molecule is COc1ccc2c(c1)[C@]13CCCC[C@@]1(CC2)[N@@+](C)([O-])CC3. The maximum atomic E-state index is 13.3. The van der Waals surface area contributed by atoms with Gasteiger partial charge in [-0.25, -0.2) is 0 Å². The fourth-order valence-electron chi connectivity index (χ4n) is 5.79. The van der Waals surface area contributed by atoms with Gasteiger partial charge in [0, 0.05) is 19.3 Å². The average Bonchev–Trinajstić information content (AvgIpc) is 2.76. The second-order valence-electron chi connectivity index (χ2n) is 7.42. The molecule has 21 heavy (non-hydrogen) atoms. The van der Waals surface area contributed by atoms with Crippen LogP contribution in [-0.2, 0) is 11.8 Å². The molecule has 1 saturated carbocycles. The Morgan fingerprint density at radius 3 is 2.76 bits per heavy atom. The Balaban J connectivity index is 1.94. The predicted octanol–water partition coefficient (Wildman–Crippen LogP) is 3.54. The Labute approximate surface area is 127 Å². The Bertz CT molecular complexity index is 583. The lowest BCUT2D eigenvalue weighted by atomic mass is 9.53. The summed E-state index contributed by atoms with van der Waals surface area (Å²) in [6.07, 6.45) is 7.93. The number of hydroxylamine groups is 3. The van der Waals surface area contributed by atoms with Gasteiger partial charge in [0.15, 0.2) is 0 Å². The molecule has 0 bridgehead atoms. The minimum atomic E-state index is -0.0788. The van der Waals surface area contributed by atoms with Gasteiger partial charge in [0.1, 0.15) is 11.3 Å². The third-order valence-corrected chi connectivity index (χ3v) is 6.85. The molecule has 2 aliphatic carbocycles. The summed E-state index contributed by atoms with van der Waals surface area (Å²) in [4.78, 5) is 0. The number of likely N-dealkylation sites (N-methyl/N-ethyl adjacent to an activating group) is 1. The van der Waals surface area contributed by atoms with E-state index < -0.39 is 0 Å². The molecule has 114 valence electrons. The van der Waals surface area contributed by atoms with Gasteiger partial charge in [-0.2, -0.15) is 0 Å². The molecule has 2 fully saturated rings. The monoisotopic (exact) mass is 287 g/mol. The lowest BCUT2D eigenvalue weighted by Crippen LogP contribution is -2.65. The molecule has 4 rings (SSSR count). The summed E-state index contributed by atoms with van der Waals surface area (Å²) in [6, 6.07) is 6.54. The van der Waals surface area contributed by atoms with Gasteiger partial charge in [0.25, 0.3) is 0 Å². The van der Waals surface area contributed by atoms with Crippen LogP contribution < -0.4 is 4.74 Å². The molecule has 3 heteroatoms. The number of hydrogen-bond acceptors (Lipinski definition) is 2. The lowest BCUT2D eigenvalue weighted by Gasteiger charge is -2.60. The standard InChI is InChI=1S/C18H25NO2/c1-19(20)12-11-17-8-3-4-9-18(17,19)10-7-14-5-6-15(21-2)13-16(14)17/h5-6,13H,3-4,7-12H2,1-2H3/t17-,18+,19+/m1/s1. The van der Waals surface area contributed by atoms with Gasteiger partial charge in [0.05, 0.1) is 26.1 Å². The molecule has 3 nitrogen and oxygen atoms in total. The van der Waals surface area contributed by atoms with Crippen molar-refractivity contribution in [2.24, 2.45) is 0 Å². The van der Waals surface area contributed by atoms with Crippen molar-refractivity contribution in [2.45, 2.75) is 55.9 Å². The second kappa shape index (κ2) is 4.23. The zero-order chi connectivity index (χ0) is 14.7. The number of quaternary nitrogens is 1. The van der Waals surface area contributed by atoms with Gasteiger partial charge in [-0.1, -0.05) is 12.5 Å². The molecule has 0 aromatic heterocycles. The first-order valence-electron chi connectivity index (χ1n) is 8.29. The Kier molecular flexibility index (Phi) is 2.74. The van der Waals surface area contributed by atoms with Gasteiger partial charge < -0.3 is 14.6 Å². The molecule has 1 heterocycles. The highest BCUT2D eigenvalue weighted by atomic mass is 16.5. The van der Waals surface area contributed by atoms with E-state index in [1.165, 1.54) is 30.4 Å². The first-order chi connectivity index (χ1) is 10.0. The molecular weight excluding hydrogens is 262 g/mol. The van der Waals surface area contributed by atoms with Crippen molar-refractivity contribution in [1.82, 2.24) is 0 Å². The molecule has 1 aliphatic heterocycles. The van der Waals surface area contributed by atoms with Crippen molar-refractivity contribution in [3.8, 4) is 5.75 Å². The molecule has 0 spiro atoms. The van der Waals surface area contributed by atoms with Crippen LogP contribution in [0.15, 0.2) is 18.2 Å². The first kappa shape index (κ1) is 13.6. The summed E-state index contributed by atoms with van der Waals surface area (Å²) >= 11 is 0. The lowest BCUT2D eigenvalue weighted by molar-refractivity contribution is -0.906. The van der Waals surface area contributed by atoms with Crippen LogP contribution in [0.5, 0.6) is 5.75 Å². The van der Waals surface area contributed by atoms with Crippen LogP contribution in [0, 0.1) is 5.21 Å². The number of ether oxygens (including phenoxy) is 1. The zero-order valence-electron chi connectivity index (χ0n) is 13.2. The minimum Gasteiger partial charge on any atom is -0.633 e. The number of methoxy groups -OCH3 is 1. The first-order valence-corrected chi connectivity index (χ1v) is 8.29. The normalized spacial score (nSPS) is 41.1. The molecule has 0 radical (unpaired) electrons. The van der Waals surface area contributed by atoms with E-state index in [0.29, 0.717) is 0 Å². The highest BCUT2D eigenvalue weighted by Gasteiger charge is 2.67. The molecule has 3 atom stereocenters. The molecule has 0 N–H and O–H groups in total. The van der Waals surface area contributed by atoms with Crippen LogP contribution in [0.25, 0.3) is 0 Å². The van der Waals surface area contributed by atoms with Crippen LogP contribution in [-0.4, -0.2) is 30.9 Å². The maximum Gasteiger partial charge on any atom is 0.119 e. The van der Waals surface area contributed by atoms with Crippen molar-refractivity contribution in [2.75, 3.05) is 20.7 Å². The Hall–Kier alpha value is -1.06. The highest BCUT2D eigenvalue weighted by Crippen LogP contribution is 2.63. The summed E-state index contributed by atoms with van der Waals surface area (Å²) in [5, 5.41) is 13.3. The zero-order valence-corrected chi connectivity index (χ0v) is 13.2. The van der Waals surface area contributed by atoms with E-state index in [1.54, 1.807) is 7.11 Å². The number of nitrogens with zero attached hydrogens (tertiary/aromatic N) is 1. The summed E-state index contributed by atoms with van der Waals surface area (Å²) in [6.45, 7) is 0.774. The third kappa shape index (κ3) is 1.51. The summed E-state index contributed by atoms with van der Waals surface area (Å²) < 4.78 is 5.45. The predicted molar refractivity (Wildman–Crippen MR) is 83.2 cm³/mol. The second-order valence-corrected chi connectivity index (χ2v) is 7.42. The molecule has 1 aromatic carbocycles. The number of likely N-dealkylation sites (tertiary alicyclic amines) is 1. The van der Waals surface area contributed by atoms with Crippen LogP contribution >= 0.6 is 0 Å². The summed E-state index contributed by atoms with van der Waals surface area (Å²) in [5.74, 6) is 0.941. The van der Waals surface area contributed by atoms with E-state index in [1.807, 2.05) is 7.05 Å². The van der Waals surface area contributed by atoms with Crippen molar-refractivity contribution < 1.29 is 9.38 Å². The van der Waals surface area contributed by atoms with E-state index in [2.05, 4.69) is 18.2 Å². The number of hydrogen-bond donors (Lipinski definition) is 0. The largest absolute Gasteiger partial charge is 0.633 e. The highest BCUT2D eigenvalue weighted by molar-refractivity contribution is 5.46. The molecule has 1 saturated heterocycles. The maximum absolute atomic E-state index is 13.3. The van der Waals surface area contributed by atoms with E-state index in [9.17, 15) is 5.21 Å². The van der Waals surface area contributed by atoms with Crippen LogP contribution in [0.3, 0.4) is 0 Å².